The lowest BCUT2D eigenvalue weighted by Gasteiger charge is -2.39. The Hall–Kier alpha value is -3.27. The Morgan fingerprint density at radius 1 is 1.35 bits per heavy atom. The van der Waals surface area contributed by atoms with Crippen LogP contribution in [0.2, 0.25) is 0 Å². The van der Waals surface area contributed by atoms with Gasteiger partial charge in [0.05, 0.1) is 23.5 Å². The number of piperidine rings is 1. The van der Waals surface area contributed by atoms with Crippen molar-refractivity contribution in [3.8, 4) is 6.07 Å². The molecule has 1 fully saturated rings. The molecule has 5 nitrogen and oxygen atoms in total. The standard InChI is InChI=1S/C24H27F2N5/c1-16(22(28)15-29-2)30-23-12-18(14-27)3-6-24(23)31-9-7-17(8-10-31)11-19-4-5-20(25)13-21(19)26/h3-6,13,15,17,23,28,30H,1,7-12H2,2H3/b28-22?,29-15-. The first-order chi connectivity index (χ1) is 14.9. The van der Waals surface area contributed by atoms with Gasteiger partial charge in [-0.15, -0.1) is 0 Å². The number of halogens is 2. The van der Waals surface area contributed by atoms with Crippen molar-refractivity contribution in [1.82, 2.24) is 10.2 Å². The number of nitrogens with zero attached hydrogens (tertiary/aromatic N) is 3. The predicted octanol–water partition coefficient (Wildman–Crippen LogP) is 4.15. The van der Waals surface area contributed by atoms with E-state index < -0.39 is 11.6 Å². The van der Waals surface area contributed by atoms with Gasteiger partial charge in [0.1, 0.15) is 11.6 Å². The molecule has 162 valence electrons. The van der Waals surface area contributed by atoms with E-state index in [1.807, 2.05) is 12.2 Å². The average molecular weight is 424 g/mol. The van der Waals surface area contributed by atoms with Gasteiger partial charge < -0.3 is 10.2 Å². The predicted molar refractivity (Wildman–Crippen MR) is 119 cm³/mol. The summed E-state index contributed by atoms with van der Waals surface area (Å²) in [5.41, 5.74) is 2.96. The summed E-state index contributed by atoms with van der Waals surface area (Å²) in [6.45, 7) is 5.56. The molecule has 0 bridgehead atoms. The summed E-state index contributed by atoms with van der Waals surface area (Å²) in [5, 5.41) is 20.6. The van der Waals surface area contributed by atoms with E-state index in [2.05, 4.69) is 27.9 Å². The van der Waals surface area contributed by atoms with Crippen LogP contribution in [-0.2, 0) is 6.42 Å². The van der Waals surface area contributed by atoms with E-state index in [9.17, 15) is 14.0 Å². The number of allylic oxidation sites excluding steroid dienone is 3. The molecule has 0 spiro atoms. The first-order valence-corrected chi connectivity index (χ1v) is 10.4. The van der Waals surface area contributed by atoms with Crippen molar-refractivity contribution in [2.75, 3.05) is 20.1 Å². The van der Waals surface area contributed by atoms with Crippen LogP contribution in [0.4, 0.5) is 8.78 Å². The molecule has 3 rings (SSSR count). The number of hydrogen-bond acceptors (Lipinski definition) is 5. The fraction of sp³-hybridized carbons (Fsp3) is 0.375. The zero-order valence-electron chi connectivity index (χ0n) is 17.7. The molecule has 1 aromatic carbocycles. The summed E-state index contributed by atoms with van der Waals surface area (Å²) in [6, 6.07) is 5.86. The van der Waals surface area contributed by atoms with E-state index in [1.165, 1.54) is 18.3 Å². The third kappa shape index (κ3) is 5.66. The maximum atomic E-state index is 14.0. The van der Waals surface area contributed by atoms with E-state index in [0.29, 0.717) is 35.6 Å². The van der Waals surface area contributed by atoms with Crippen LogP contribution in [0.15, 0.2) is 58.9 Å². The second-order valence-corrected chi connectivity index (χ2v) is 7.95. The second kappa shape index (κ2) is 10.2. The van der Waals surface area contributed by atoms with E-state index in [1.54, 1.807) is 7.05 Å². The Labute approximate surface area is 182 Å². The van der Waals surface area contributed by atoms with Gasteiger partial charge in [0.15, 0.2) is 0 Å². The number of hydrogen-bond donors (Lipinski definition) is 2. The van der Waals surface area contributed by atoms with Crippen LogP contribution >= 0.6 is 0 Å². The van der Waals surface area contributed by atoms with Gasteiger partial charge in [-0.1, -0.05) is 12.6 Å². The summed E-state index contributed by atoms with van der Waals surface area (Å²) >= 11 is 0. The lowest BCUT2D eigenvalue weighted by Crippen LogP contribution is -2.44. The number of benzene rings is 1. The molecule has 1 atom stereocenters. The van der Waals surface area contributed by atoms with Crippen LogP contribution in [0.5, 0.6) is 0 Å². The van der Waals surface area contributed by atoms with Crippen molar-refractivity contribution in [3.63, 3.8) is 0 Å². The summed E-state index contributed by atoms with van der Waals surface area (Å²) in [6.07, 6.45) is 8.16. The molecule has 7 heteroatoms. The molecular weight excluding hydrogens is 396 g/mol. The van der Waals surface area contributed by atoms with Gasteiger partial charge in [-0.2, -0.15) is 5.26 Å². The molecule has 1 aliphatic heterocycles. The largest absolute Gasteiger partial charge is 0.375 e. The normalized spacial score (nSPS) is 19.5. The lowest BCUT2D eigenvalue weighted by molar-refractivity contribution is 0.210. The van der Waals surface area contributed by atoms with E-state index in [-0.39, 0.29) is 11.8 Å². The first kappa shape index (κ1) is 22.4. The van der Waals surface area contributed by atoms with Crippen LogP contribution in [-0.4, -0.2) is 43.0 Å². The van der Waals surface area contributed by atoms with Gasteiger partial charge in [0.2, 0.25) is 0 Å². The van der Waals surface area contributed by atoms with Gasteiger partial charge in [0, 0.05) is 50.1 Å². The van der Waals surface area contributed by atoms with Crippen molar-refractivity contribution in [1.29, 1.82) is 10.7 Å². The molecule has 1 heterocycles. The molecule has 0 amide bonds. The number of aliphatic imine (C=N–C) groups is 1. The number of likely N-dealkylation sites (tertiary alicyclic amines) is 1. The zero-order valence-corrected chi connectivity index (χ0v) is 17.7. The van der Waals surface area contributed by atoms with Gasteiger partial charge in [-0.05, 0) is 49.0 Å². The van der Waals surface area contributed by atoms with Gasteiger partial charge in [-0.3, -0.25) is 10.4 Å². The minimum Gasteiger partial charge on any atom is -0.375 e. The molecule has 0 aromatic heterocycles. The molecule has 0 saturated carbocycles. The van der Waals surface area contributed by atoms with Crippen LogP contribution in [0.3, 0.4) is 0 Å². The lowest BCUT2D eigenvalue weighted by atomic mass is 9.88. The van der Waals surface area contributed by atoms with Gasteiger partial charge >= 0.3 is 0 Å². The Morgan fingerprint density at radius 2 is 2.10 bits per heavy atom. The molecule has 1 aromatic rings. The molecule has 1 unspecified atom stereocenters. The molecule has 0 radical (unpaired) electrons. The van der Waals surface area contributed by atoms with E-state index >= 15 is 0 Å². The highest BCUT2D eigenvalue weighted by molar-refractivity contribution is 6.36. The highest BCUT2D eigenvalue weighted by Gasteiger charge is 2.28. The maximum Gasteiger partial charge on any atom is 0.129 e. The average Bonchev–Trinajstić information content (AvgIpc) is 2.76. The maximum absolute atomic E-state index is 14.0. The topological polar surface area (TPSA) is 75.3 Å². The van der Waals surface area contributed by atoms with Gasteiger partial charge in [0.25, 0.3) is 0 Å². The quantitative estimate of drug-likeness (QED) is 0.647. The van der Waals surface area contributed by atoms with Crippen molar-refractivity contribution >= 4 is 11.9 Å². The van der Waals surface area contributed by atoms with Crippen molar-refractivity contribution in [2.24, 2.45) is 10.9 Å². The Morgan fingerprint density at radius 3 is 2.74 bits per heavy atom. The van der Waals surface area contributed by atoms with Crippen molar-refractivity contribution in [3.05, 3.63) is 71.1 Å². The molecule has 31 heavy (non-hydrogen) atoms. The Kier molecular flexibility index (Phi) is 7.35. The van der Waals surface area contributed by atoms with E-state index in [0.717, 1.165) is 37.7 Å². The SMILES string of the molecule is C=C(NC1CC(C#N)=CC=C1N1CCC(Cc2ccc(F)cc2F)CC1)C(=N)/C=N\C. The monoisotopic (exact) mass is 423 g/mol. The molecule has 1 aliphatic carbocycles. The minimum atomic E-state index is -0.552. The molecule has 2 aliphatic rings. The van der Waals surface area contributed by atoms with Crippen LogP contribution in [0.1, 0.15) is 24.8 Å². The Balaban J connectivity index is 1.65. The second-order valence-electron chi connectivity index (χ2n) is 7.95. The highest BCUT2D eigenvalue weighted by Crippen LogP contribution is 2.29. The molecule has 2 N–H and O–H groups in total. The van der Waals surface area contributed by atoms with Gasteiger partial charge in [-0.25, -0.2) is 8.78 Å². The number of nitriles is 1. The summed E-state index contributed by atoms with van der Waals surface area (Å²) in [5.74, 6) is -0.697. The van der Waals surface area contributed by atoms with Crippen LogP contribution < -0.4 is 5.32 Å². The number of nitrogens with one attached hydrogen (secondary N) is 2. The summed E-state index contributed by atoms with van der Waals surface area (Å²) < 4.78 is 27.1. The summed E-state index contributed by atoms with van der Waals surface area (Å²) in [4.78, 5) is 6.14. The van der Waals surface area contributed by atoms with E-state index in [4.69, 9.17) is 5.41 Å². The first-order valence-electron chi connectivity index (χ1n) is 10.4. The smallest absolute Gasteiger partial charge is 0.129 e. The fourth-order valence-electron chi connectivity index (χ4n) is 4.12. The van der Waals surface area contributed by atoms with Crippen LogP contribution in [0.25, 0.3) is 0 Å². The van der Waals surface area contributed by atoms with Crippen molar-refractivity contribution in [2.45, 2.75) is 31.7 Å². The third-order valence-corrected chi connectivity index (χ3v) is 5.82. The number of rotatable bonds is 7. The highest BCUT2D eigenvalue weighted by atomic mass is 19.1. The molecule has 1 saturated heterocycles. The molecular formula is C24H27F2N5. The van der Waals surface area contributed by atoms with Crippen molar-refractivity contribution < 1.29 is 8.78 Å². The van der Waals surface area contributed by atoms with Crippen LogP contribution in [0, 0.1) is 34.3 Å². The fourth-order valence-corrected chi connectivity index (χ4v) is 4.12. The third-order valence-electron chi connectivity index (χ3n) is 5.82. The zero-order chi connectivity index (χ0) is 22.4. The minimum absolute atomic E-state index is 0.149. The Bertz CT molecular complexity index is 978. The summed E-state index contributed by atoms with van der Waals surface area (Å²) in [7, 11) is 1.60.